The van der Waals surface area contributed by atoms with Gasteiger partial charge >= 0.3 is 0 Å². The number of piperidine rings is 1. The van der Waals surface area contributed by atoms with Gasteiger partial charge in [-0.2, -0.15) is 5.10 Å². The lowest BCUT2D eigenvalue weighted by Gasteiger charge is -2.30. The second-order valence-electron chi connectivity index (χ2n) is 6.69. The summed E-state index contributed by atoms with van der Waals surface area (Å²) in [5.41, 5.74) is 1.05. The quantitative estimate of drug-likeness (QED) is 0.744. The monoisotopic (exact) mass is 369 g/mol. The van der Waals surface area contributed by atoms with E-state index in [9.17, 15) is 0 Å². The highest BCUT2D eigenvalue weighted by Gasteiger charge is 2.24. The van der Waals surface area contributed by atoms with Gasteiger partial charge in [0.1, 0.15) is 16.6 Å². The van der Waals surface area contributed by atoms with E-state index in [0.29, 0.717) is 5.92 Å². The second kappa shape index (κ2) is 7.55. The topological polar surface area (TPSA) is 66.9 Å². The molecule has 3 aromatic rings. The van der Waals surface area contributed by atoms with Crippen LogP contribution in [0.2, 0.25) is 0 Å². The number of methoxy groups -OCH3 is 1. The average Bonchev–Trinajstić information content (AvgIpc) is 3.31. The van der Waals surface area contributed by atoms with E-state index in [1.165, 1.54) is 11.3 Å². The largest absolute Gasteiger partial charge is 0.496 e. The zero-order valence-corrected chi connectivity index (χ0v) is 15.9. The van der Waals surface area contributed by atoms with E-state index in [0.717, 1.165) is 54.0 Å². The van der Waals surface area contributed by atoms with E-state index >= 15 is 0 Å². The number of nitrogens with one attached hydrogen (secondary N) is 1. The molecule has 0 bridgehead atoms. The molecule has 0 radical (unpaired) electrons. The maximum atomic E-state index is 5.46. The van der Waals surface area contributed by atoms with E-state index in [1.54, 1.807) is 18.4 Å². The lowest BCUT2D eigenvalue weighted by molar-refractivity contribution is 0.198. The summed E-state index contributed by atoms with van der Waals surface area (Å²) in [4.78, 5) is 12.9. The van der Waals surface area contributed by atoms with Crippen molar-refractivity contribution < 1.29 is 4.74 Å². The number of hydrogen-bond donors (Lipinski definition) is 1. The van der Waals surface area contributed by atoms with Crippen LogP contribution in [0.25, 0.3) is 10.6 Å². The zero-order valence-electron chi connectivity index (χ0n) is 15.1. The number of likely N-dealkylation sites (tertiary alicyclic amines) is 1. The van der Waals surface area contributed by atoms with Crippen molar-refractivity contribution in [3.05, 3.63) is 47.0 Å². The SMILES string of the molecule is COc1ccccc1-c1ncc(CN2CCCC(c3n[nH]c(C)n3)C2)s1. The molecule has 136 valence electrons. The van der Waals surface area contributed by atoms with Crippen molar-refractivity contribution in [2.24, 2.45) is 0 Å². The van der Waals surface area contributed by atoms with Gasteiger partial charge in [-0.3, -0.25) is 10.00 Å². The second-order valence-corrected chi connectivity index (χ2v) is 7.80. The molecule has 1 aliphatic rings. The number of benzene rings is 1. The normalized spacial score (nSPS) is 18.2. The Morgan fingerprint density at radius 1 is 1.35 bits per heavy atom. The summed E-state index contributed by atoms with van der Waals surface area (Å²) < 4.78 is 5.46. The average molecular weight is 369 g/mol. The highest BCUT2D eigenvalue weighted by Crippen LogP contribution is 2.33. The Hall–Kier alpha value is -2.25. The molecule has 4 rings (SSSR count). The van der Waals surface area contributed by atoms with Gasteiger partial charge in [0.2, 0.25) is 0 Å². The molecule has 0 aliphatic carbocycles. The fourth-order valence-corrected chi connectivity index (χ4v) is 4.48. The molecular weight excluding hydrogens is 346 g/mol. The summed E-state index contributed by atoms with van der Waals surface area (Å²) in [5, 5.41) is 8.33. The molecular formula is C19H23N5OS. The van der Waals surface area contributed by atoms with Crippen molar-refractivity contribution in [1.82, 2.24) is 25.1 Å². The number of H-pyrrole nitrogens is 1. The Balaban J connectivity index is 1.45. The van der Waals surface area contributed by atoms with E-state index in [2.05, 4.69) is 31.1 Å². The van der Waals surface area contributed by atoms with Crippen LogP contribution in [-0.4, -0.2) is 45.3 Å². The van der Waals surface area contributed by atoms with Crippen LogP contribution in [0.3, 0.4) is 0 Å². The molecule has 1 aromatic carbocycles. The van der Waals surface area contributed by atoms with E-state index in [-0.39, 0.29) is 0 Å². The van der Waals surface area contributed by atoms with Crippen LogP contribution < -0.4 is 4.74 Å². The van der Waals surface area contributed by atoms with Crippen molar-refractivity contribution in [3.8, 4) is 16.3 Å². The Morgan fingerprint density at radius 2 is 2.23 bits per heavy atom. The zero-order chi connectivity index (χ0) is 17.9. The van der Waals surface area contributed by atoms with Crippen molar-refractivity contribution in [1.29, 1.82) is 0 Å². The molecule has 0 spiro atoms. The van der Waals surface area contributed by atoms with Gasteiger partial charge in [0.25, 0.3) is 0 Å². The molecule has 0 saturated carbocycles. The van der Waals surface area contributed by atoms with E-state index in [1.807, 2.05) is 31.3 Å². The minimum absolute atomic E-state index is 0.412. The molecule has 1 saturated heterocycles. The molecule has 7 heteroatoms. The number of ether oxygens (including phenoxy) is 1. The number of nitrogens with zero attached hydrogens (tertiary/aromatic N) is 4. The number of rotatable bonds is 5. The molecule has 6 nitrogen and oxygen atoms in total. The summed E-state index contributed by atoms with van der Waals surface area (Å²) in [6.07, 6.45) is 4.33. The van der Waals surface area contributed by atoms with Gasteiger partial charge in [0.05, 0.1) is 12.7 Å². The van der Waals surface area contributed by atoms with Gasteiger partial charge in [0, 0.05) is 30.1 Å². The fraction of sp³-hybridized carbons (Fsp3) is 0.421. The minimum atomic E-state index is 0.412. The number of aromatic amines is 1. The Labute approximate surface area is 157 Å². The minimum Gasteiger partial charge on any atom is -0.496 e. The van der Waals surface area contributed by atoms with Crippen molar-refractivity contribution >= 4 is 11.3 Å². The van der Waals surface area contributed by atoms with E-state index < -0.39 is 0 Å². The summed E-state index contributed by atoms with van der Waals surface area (Å²) in [6.45, 7) is 4.99. The Morgan fingerprint density at radius 3 is 3.04 bits per heavy atom. The molecule has 0 amide bonds. The first kappa shape index (κ1) is 17.2. The third-order valence-corrected chi connectivity index (χ3v) is 5.77. The van der Waals surface area contributed by atoms with Gasteiger partial charge in [-0.25, -0.2) is 9.97 Å². The molecule has 3 heterocycles. The van der Waals surface area contributed by atoms with Gasteiger partial charge in [-0.05, 0) is 38.4 Å². The lowest BCUT2D eigenvalue weighted by Crippen LogP contribution is -2.34. The van der Waals surface area contributed by atoms with Crippen molar-refractivity contribution in [3.63, 3.8) is 0 Å². The predicted molar refractivity (Wildman–Crippen MR) is 102 cm³/mol. The first-order valence-electron chi connectivity index (χ1n) is 8.92. The predicted octanol–water partition coefficient (Wildman–Crippen LogP) is 3.62. The molecule has 1 unspecified atom stereocenters. The van der Waals surface area contributed by atoms with Crippen LogP contribution in [0.15, 0.2) is 30.5 Å². The summed E-state index contributed by atoms with van der Waals surface area (Å²) in [6, 6.07) is 8.04. The molecule has 1 fully saturated rings. The molecule has 1 N–H and O–H groups in total. The van der Waals surface area contributed by atoms with Gasteiger partial charge in [-0.1, -0.05) is 12.1 Å². The van der Waals surface area contributed by atoms with Crippen LogP contribution in [0.4, 0.5) is 0 Å². The van der Waals surface area contributed by atoms with Crippen LogP contribution in [0.1, 0.15) is 35.3 Å². The number of hydrogen-bond acceptors (Lipinski definition) is 6. The van der Waals surface area contributed by atoms with Crippen molar-refractivity contribution in [2.75, 3.05) is 20.2 Å². The number of para-hydroxylation sites is 1. The molecule has 2 aromatic heterocycles. The lowest BCUT2D eigenvalue weighted by atomic mass is 9.97. The van der Waals surface area contributed by atoms with Gasteiger partial charge in [0.15, 0.2) is 5.82 Å². The Bertz CT molecular complexity index is 874. The van der Waals surface area contributed by atoms with Crippen molar-refractivity contribution in [2.45, 2.75) is 32.2 Å². The third-order valence-electron chi connectivity index (χ3n) is 4.76. The van der Waals surface area contributed by atoms with Crippen LogP contribution in [-0.2, 0) is 6.54 Å². The highest BCUT2D eigenvalue weighted by molar-refractivity contribution is 7.15. The smallest absolute Gasteiger partial charge is 0.155 e. The molecule has 1 aliphatic heterocycles. The fourth-order valence-electron chi connectivity index (χ4n) is 3.50. The highest BCUT2D eigenvalue weighted by atomic mass is 32.1. The summed E-state index contributed by atoms with van der Waals surface area (Å²) in [5.74, 6) is 3.12. The molecule has 1 atom stereocenters. The number of aromatic nitrogens is 4. The maximum Gasteiger partial charge on any atom is 0.155 e. The summed E-state index contributed by atoms with van der Waals surface area (Å²) in [7, 11) is 1.70. The number of thiazole rings is 1. The third kappa shape index (κ3) is 3.64. The maximum absolute atomic E-state index is 5.46. The Kier molecular flexibility index (Phi) is 4.99. The van der Waals surface area contributed by atoms with Crippen LogP contribution in [0, 0.1) is 6.92 Å². The first-order chi connectivity index (χ1) is 12.7. The van der Waals surface area contributed by atoms with Gasteiger partial charge < -0.3 is 4.74 Å². The number of aryl methyl sites for hydroxylation is 1. The summed E-state index contributed by atoms with van der Waals surface area (Å²) >= 11 is 1.74. The molecule has 26 heavy (non-hydrogen) atoms. The standard InChI is InChI=1S/C19H23N5OS/c1-13-21-18(23-22-13)14-6-5-9-24(11-14)12-15-10-20-19(26-15)16-7-3-4-8-17(16)25-2/h3-4,7-8,10,14H,5-6,9,11-12H2,1-2H3,(H,21,22,23). The van der Waals surface area contributed by atoms with Crippen LogP contribution >= 0.6 is 11.3 Å². The first-order valence-corrected chi connectivity index (χ1v) is 9.74. The van der Waals surface area contributed by atoms with Crippen LogP contribution in [0.5, 0.6) is 5.75 Å². The van der Waals surface area contributed by atoms with E-state index in [4.69, 9.17) is 4.74 Å². The van der Waals surface area contributed by atoms with Gasteiger partial charge in [-0.15, -0.1) is 11.3 Å².